The van der Waals surface area contributed by atoms with Crippen LogP contribution in [-0.2, 0) is 6.42 Å². The number of halogens is 1. The monoisotopic (exact) mass is 236 g/mol. The summed E-state index contributed by atoms with van der Waals surface area (Å²) in [6.07, 6.45) is 0.767. The number of rotatable bonds is 2. The molecule has 92 valence electrons. The second kappa shape index (κ2) is 4.20. The fourth-order valence-corrected chi connectivity index (χ4v) is 1.81. The number of H-pyrrole nitrogens is 1. The molecule has 4 heteroatoms. The number of aromatic amines is 1. The summed E-state index contributed by atoms with van der Waals surface area (Å²) in [4.78, 5) is 16.2. The van der Waals surface area contributed by atoms with E-state index in [1.165, 1.54) is 11.0 Å². The number of carbonyl (C=O) groups excluding carboxylic acids is 1. The van der Waals surface area contributed by atoms with Crippen molar-refractivity contribution in [1.82, 2.24) is 9.88 Å². The van der Waals surface area contributed by atoms with Gasteiger partial charge in [-0.1, -0.05) is 6.92 Å². The van der Waals surface area contributed by atoms with E-state index in [1.807, 2.05) is 13.0 Å². The van der Waals surface area contributed by atoms with Gasteiger partial charge in [-0.2, -0.15) is 0 Å². The van der Waals surface area contributed by atoms with Crippen molar-refractivity contribution in [2.75, 3.05) is 14.1 Å². The molecule has 1 aromatic heterocycles. The summed E-state index contributed by atoms with van der Waals surface area (Å²) in [6, 6.07) is 4.96. The number of aromatic nitrogens is 1. The summed E-state index contributed by atoms with van der Waals surface area (Å²) in [5.74, 6) is -0.438. The topological polar surface area (TPSA) is 36.1 Å². The molecule has 0 unspecified atom stereocenters. The Morgan fingerprint density at radius 3 is 2.71 bits per heavy atom. The SMILES string of the molecule is CCc1cc(F)c2cc(C(=O)N(C)C)[nH]c2c1.[HH]. The maximum absolute atomic E-state index is 13.8. The third-order valence-electron chi connectivity index (χ3n) is 2.79. The van der Waals surface area contributed by atoms with E-state index in [1.54, 1.807) is 20.2 Å². The fourth-order valence-electron chi connectivity index (χ4n) is 1.81. The van der Waals surface area contributed by atoms with Gasteiger partial charge in [0.1, 0.15) is 11.5 Å². The smallest absolute Gasteiger partial charge is 0.269 e. The van der Waals surface area contributed by atoms with E-state index in [0.717, 1.165) is 12.0 Å². The molecule has 2 rings (SSSR count). The highest BCUT2D eigenvalue weighted by atomic mass is 19.1. The fraction of sp³-hybridized carbons (Fsp3) is 0.308. The summed E-state index contributed by atoms with van der Waals surface area (Å²) >= 11 is 0. The molecule has 0 aliphatic carbocycles. The lowest BCUT2D eigenvalue weighted by Gasteiger charge is -2.07. The van der Waals surface area contributed by atoms with E-state index >= 15 is 0 Å². The summed E-state index contributed by atoms with van der Waals surface area (Å²) in [7, 11) is 3.34. The highest BCUT2D eigenvalue weighted by Crippen LogP contribution is 2.21. The van der Waals surface area contributed by atoms with Gasteiger partial charge in [0.25, 0.3) is 5.91 Å². The largest absolute Gasteiger partial charge is 0.350 e. The molecule has 0 aliphatic heterocycles. The van der Waals surface area contributed by atoms with Crippen molar-refractivity contribution in [3.05, 3.63) is 35.3 Å². The van der Waals surface area contributed by atoms with Crippen LogP contribution in [0.4, 0.5) is 4.39 Å². The molecule has 1 heterocycles. The van der Waals surface area contributed by atoms with Crippen LogP contribution in [0.2, 0.25) is 0 Å². The number of amides is 1. The minimum Gasteiger partial charge on any atom is -0.350 e. The van der Waals surface area contributed by atoms with Crippen LogP contribution in [0.1, 0.15) is 24.4 Å². The molecule has 17 heavy (non-hydrogen) atoms. The third kappa shape index (κ3) is 2.02. The van der Waals surface area contributed by atoms with Crippen LogP contribution in [0, 0.1) is 5.82 Å². The van der Waals surface area contributed by atoms with Crippen LogP contribution in [-0.4, -0.2) is 29.9 Å². The molecule has 0 fully saturated rings. The Morgan fingerprint density at radius 1 is 1.41 bits per heavy atom. The van der Waals surface area contributed by atoms with Crippen LogP contribution in [0.3, 0.4) is 0 Å². The van der Waals surface area contributed by atoms with Gasteiger partial charge in [0.15, 0.2) is 0 Å². The molecule has 0 saturated heterocycles. The number of carbonyl (C=O) groups is 1. The lowest BCUT2D eigenvalue weighted by molar-refractivity contribution is 0.0823. The van der Waals surface area contributed by atoms with Crippen LogP contribution in [0.5, 0.6) is 0 Å². The molecular weight excluding hydrogens is 219 g/mol. The van der Waals surface area contributed by atoms with E-state index in [-0.39, 0.29) is 13.2 Å². The van der Waals surface area contributed by atoms with Crippen molar-refractivity contribution in [2.45, 2.75) is 13.3 Å². The minimum atomic E-state index is -0.284. The van der Waals surface area contributed by atoms with Gasteiger partial charge in [-0.05, 0) is 30.2 Å². The highest BCUT2D eigenvalue weighted by molar-refractivity contribution is 5.98. The van der Waals surface area contributed by atoms with Crippen LogP contribution >= 0.6 is 0 Å². The van der Waals surface area contributed by atoms with Crippen LogP contribution in [0.15, 0.2) is 18.2 Å². The van der Waals surface area contributed by atoms with Gasteiger partial charge in [-0.15, -0.1) is 0 Å². The Balaban J connectivity index is 0.00000162. The van der Waals surface area contributed by atoms with Gasteiger partial charge in [0.2, 0.25) is 0 Å². The molecule has 2 aromatic rings. The average molecular weight is 236 g/mol. The molecule has 0 atom stereocenters. The van der Waals surface area contributed by atoms with E-state index in [2.05, 4.69) is 4.98 Å². The molecule has 3 nitrogen and oxygen atoms in total. The predicted molar refractivity (Wildman–Crippen MR) is 67.8 cm³/mol. The normalized spacial score (nSPS) is 10.8. The second-order valence-corrected chi connectivity index (χ2v) is 4.28. The van der Waals surface area contributed by atoms with Gasteiger partial charge in [0, 0.05) is 26.4 Å². The van der Waals surface area contributed by atoms with Crippen molar-refractivity contribution >= 4 is 16.8 Å². The molecule has 0 aliphatic rings. The van der Waals surface area contributed by atoms with Gasteiger partial charge in [-0.3, -0.25) is 4.79 Å². The molecule has 0 bridgehead atoms. The predicted octanol–water partition coefficient (Wildman–Crippen LogP) is 2.82. The van der Waals surface area contributed by atoms with Crippen molar-refractivity contribution in [1.29, 1.82) is 0 Å². The maximum atomic E-state index is 13.8. The van der Waals surface area contributed by atoms with E-state index in [9.17, 15) is 9.18 Å². The van der Waals surface area contributed by atoms with E-state index < -0.39 is 0 Å². The van der Waals surface area contributed by atoms with E-state index in [4.69, 9.17) is 0 Å². The summed E-state index contributed by atoms with van der Waals surface area (Å²) < 4.78 is 13.8. The summed E-state index contributed by atoms with van der Waals surface area (Å²) in [5, 5.41) is 0.465. The first kappa shape index (κ1) is 11.6. The molecule has 0 radical (unpaired) electrons. The Bertz CT molecular complexity index is 578. The summed E-state index contributed by atoms with van der Waals surface area (Å²) in [6.45, 7) is 1.97. The lowest BCUT2D eigenvalue weighted by atomic mass is 10.1. The number of fused-ring (bicyclic) bond motifs is 1. The molecule has 1 amide bonds. The number of hydrogen-bond donors (Lipinski definition) is 1. The lowest BCUT2D eigenvalue weighted by Crippen LogP contribution is -2.21. The zero-order valence-electron chi connectivity index (χ0n) is 10.2. The van der Waals surface area contributed by atoms with Gasteiger partial charge in [0.05, 0.1) is 0 Å². The zero-order chi connectivity index (χ0) is 12.6. The molecule has 0 spiro atoms. The third-order valence-corrected chi connectivity index (χ3v) is 2.79. The number of nitrogens with zero attached hydrogens (tertiary/aromatic N) is 1. The van der Waals surface area contributed by atoms with Crippen molar-refractivity contribution in [2.24, 2.45) is 0 Å². The molecule has 1 N–H and O–H groups in total. The number of nitrogens with one attached hydrogen (secondary N) is 1. The first-order valence-electron chi connectivity index (χ1n) is 5.55. The number of hydrogen-bond acceptors (Lipinski definition) is 1. The first-order valence-corrected chi connectivity index (χ1v) is 5.55. The van der Waals surface area contributed by atoms with Gasteiger partial charge >= 0.3 is 0 Å². The molecule has 1 aromatic carbocycles. The average Bonchev–Trinajstić information content (AvgIpc) is 2.71. The highest BCUT2D eigenvalue weighted by Gasteiger charge is 2.13. The Hall–Kier alpha value is -1.84. The van der Waals surface area contributed by atoms with Crippen molar-refractivity contribution in [3.63, 3.8) is 0 Å². The minimum absolute atomic E-state index is 0. The second-order valence-electron chi connectivity index (χ2n) is 4.28. The van der Waals surface area contributed by atoms with Crippen LogP contribution < -0.4 is 0 Å². The first-order chi connectivity index (χ1) is 8.02. The Morgan fingerprint density at radius 2 is 2.12 bits per heavy atom. The Labute approximate surface area is 101 Å². The Kier molecular flexibility index (Phi) is 2.88. The summed E-state index contributed by atoms with van der Waals surface area (Å²) in [5.41, 5.74) is 2.00. The van der Waals surface area contributed by atoms with E-state index in [0.29, 0.717) is 16.6 Å². The van der Waals surface area contributed by atoms with Gasteiger partial charge < -0.3 is 9.88 Å². The van der Waals surface area contributed by atoms with Crippen molar-refractivity contribution in [3.8, 4) is 0 Å². The molecular formula is C13H17FN2O. The quantitative estimate of drug-likeness (QED) is 0.855. The van der Waals surface area contributed by atoms with Crippen molar-refractivity contribution < 1.29 is 10.6 Å². The maximum Gasteiger partial charge on any atom is 0.269 e. The number of benzene rings is 1. The zero-order valence-corrected chi connectivity index (χ0v) is 10.2. The van der Waals surface area contributed by atoms with Crippen LogP contribution in [0.25, 0.3) is 10.9 Å². The van der Waals surface area contributed by atoms with Gasteiger partial charge in [-0.25, -0.2) is 4.39 Å². The molecule has 0 saturated carbocycles. The standard InChI is InChI=1S/C13H15FN2O.H2/c1-4-8-5-10(14)9-7-12(13(17)16(2)3)15-11(9)6-8;/h5-7,15H,4H2,1-3H3;1H. The number of aryl methyl sites for hydroxylation is 1.